The van der Waals surface area contributed by atoms with Crippen molar-refractivity contribution in [3.63, 3.8) is 0 Å². The van der Waals surface area contributed by atoms with E-state index >= 15 is 0 Å². The molecule has 9 nitrogen and oxygen atoms in total. The molecular formula is C36H30O9Si3. The molecular weight excluding hydrogens is 661 g/mol. The molecule has 1 fully saturated rings. The van der Waals surface area contributed by atoms with Crippen molar-refractivity contribution < 1.29 is 43.0 Å². The largest absolute Gasteiger partial charge is 0.508 e. The van der Waals surface area contributed by atoms with Crippen molar-refractivity contribution in [2.75, 3.05) is 0 Å². The van der Waals surface area contributed by atoms with Crippen LogP contribution in [0, 0.1) is 0 Å². The van der Waals surface area contributed by atoms with Gasteiger partial charge in [-0.25, -0.2) is 0 Å². The minimum absolute atomic E-state index is 0.0434. The van der Waals surface area contributed by atoms with Crippen LogP contribution >= 0.6 is 0 Å². The SMILES string of the molecule is Oc1ccc([Si]2(c3ccc(O)cc3)O[Si](c3ccc(O)cc3)(c3ccc(O)cc3)O[Si](c3ccc(O)cc3)(c3ccc(O)cc3)O2)cc1. The summed E-state index contributed by atoms with van der Waals surface area (Å²) in [5, 5.41) is 66.0. The van der Waals surface area contributed by atoms with Crippen molar-refractivity contribution in [1.82, 2.24) is 0 Å². The minimum atomic E-state index is -4.01. The summed E-state index contributed by atoms with van der Waals surface area (Å²) in [6.45, 7) is 0. The third-order valence-corrected chi connectivity index (χ3v) is 21.8. The molecule has 12 heteroatoms. The van der Waals surface area contributed by atoms with Crippen molar-refractivity contribution in [2.45, 2.75) is 0 Å². The minimum Gasteiger partial charge on any atom is -0.508 e. The smallest absolute Gasteiger partial charge is 0.390 e. The molecule has 240 valence electrons. The van der Waals surface area contributed by atoms with Gasteiger partial charge < -0.3 is 43.0 Å². The Bertz CT molecular complexity index is 1650. The van der Waals surface area contributed by atoms with E-state index < -0.39 is 25.7 Å². The Morgan fingerprint density at radius 3 is 0.479 bits per heavy atom. The van der Waals surface area contributed by atoms with E-state index in [-0.39, 0.29) is 34.5 Å². The zero-order valence-electron chi connectivity index (χ0n) is 25.3. The van der Waals surface area contributed by atoms with Gasteiger partial charge in [-0.3, -0.25) is 0 Å². The normalized spacial score (nSPS) is 16.2. The molecule has 1 aliphatic heterocycles. The second kappa shape index (κ2) is 12.0. The molecule has 0 bridgehead atoms. The second-order valence-electron chi connectivity index (χ2n) is 11.4. The van der Waals surface area contributed by atoms with Crippen molar-refractivity contribution in [3.8, 4) is 34.5 Å². The zero-order valence-corrected chi connectivity index (χ0v) is 28.3. The first-order chi connectivity index (χ1) is 23.1. The molecule has 48 heavy (non-hydrogen) atoms. The Labute approximate surface area is 279 Å². The lowest BCUT2D eigenvalue weighted by atomic mass is 10.3. The average molecular weight is 691 g/mol. The zero-order chi connectivity index (χ0) is 33.5. The van der Waals surface area contributed by atoms with E-state index in [4.69, 9.17) is 12.3 Å². The van der Waals surface area contributed by atoms with Crippen LogP contribution in [0.5, 0.6) is 34.5 Å². The molecule has 1 heterocycles. The van der Waals surface area contributed by atoms with Gasteiger partial charge in [0.25, 0.3) is 0 Å². The molecule has 0 atom stereocenters. The first kappa shape index (κ1) is 31.3. The predicted molar refractivity (Wildman–Crippen MR) is 187 cm³/mol. The fourth-order valence-corrected chi connectivity index (χ4v) is 22.7. The molecule has 6 aromatic carbocycles. The van der Waals surface area contributed by atoms with Crippen LogP contribution in [0.4, 0.5) is 0 Å². The van der Waals surface area contributed by atoms with Gasteiger partial charge in [0.15, 0.2) is 0 Å². The highest BCUT2D eigenvalue weighted by molar-refractivity contribution is 7.16. The summed E-state index contributed by atoms with van der Waals surface area (Å²) < 4.78 is 22.7. The van der Waals surface area contributed by atoms with Crippen molar-refractivity contribution in [3.05, 3.63) is 146 Å². The fourth-order valence-electron chi connectivity index (χ4n) is 5.96. The summed E-state index contributed by atoms with van der Waals surface area (Å²) >= 11 is 0. The maximum atomic E-state index is 10.4. The second-order valence-corrected chi connectivity index (χ2v) is 21.1. The molecule has 0 amide bonds. The maximum Gasteiger partial charge on any atom is 0.390 e. The number of rotatable bonds is 6. The number of hydrogen-bond acceptors (Lipinski definition) is 9. The van der Waals surface area contributed by atoms with Crippen LogP contribution in [-0.4, -0.2) is 56.3 Å². The quantitative estimate of drug-likeness (QED) is 0.145. The number of phenolic OH excluding ortho intramolecular Hbond substituents is 6. The van der Waals surface area contributed by atoms with E-state index in [0.29, 0.717) is 31.1 Å². The summed E-state index contributed by atoms with van der Waals surface area (Å²) in [4.78, 5) is 0. The standard InChI is InChI=1S/C36H30O9Si3/c37-25-1-13-31(14-2-25)46(32-15-3-26(38)4-16-32)43-47(33-17-5-27(39)6-18-33,34-19-7-28(40)8-20-34)45-48(44-46,35-21-9-29(41)10-22-35)36-23-11-30(42)12-24-36/h1-24,37-42H. The van der Waals surface area contributed by atoms with Crippen molar-refractivity contribution >= 4 is 56.8 Å². The molecule has 0 spiro atoms. The van der Waals surface area contributed by atoms with Crippen molar-refractivity contribution in [1.29, 1.82) is 0 Å². The van der Waals surface area contributed by atoms with Gasteiger partial charge >= 0.3 is 25.7 Å². The van der Waals surface area contributed by atoms with Gasteiger partial charge in [0, 0.05) is 0 Å². The summed E-state index contributed by atoms with van der Waals surface area (Å²) in [5.41, 5.74) is 0. The third kappa shape index (κ3) is 5.41. The molecule has 6 N–H and O–H groups in total. The lowest BCUT2D eigenvalue weighted by molar-refractivity contribution is 0.268. The van der Waals surface area contributed by atoms with Crippen LogP contribution in [0.15, 0.2) is 146 Å². The molecule has 7 rings (SSSR count). The van der Waals surface area contributed by atoms with Gasteiger partial charge in [-0.2, -0.15) is 0 Å². The average Bonchev–Trinajstić information content (AvgIpc) is 3.09. The highest BCUT2D eigenvalue weighted by Gasteiger charge is 2.67. The van der Waals surface area contributed by atoms with E-state index in [1.54, 1.807) is 146 Å². The number of aromatic hydroxyl groups is 6. The van der Waals surface area contributed by atoms with Crippen LogP contribution in [0.25, 0.3) is 0 Å². The van der Waals surface area contributed by atoms with E-state index in [1.165, 1.54) is 0 Å². The number of hydrogen-bond donors (Lipinski definition) is 6. The van der Waals surface area contributed by atoms with Gasteiger partial charge in [-0.15, -0.1) is 0 Å². The third-order valence-electron chi connectivity index (χ3n) is 8.35. The Morgan fingerprint density at radius 2 is 0.354 bits per heavy atom. The van der Waals surface area contributed by atoms with Gasteiger partial charge in [0.2, 0.25) is 0 Å². The topological polar surface area (TPSA) is 149 Å². The molecule has 6 aromatic rings. The predicted octanol–water partition coefficient (Wildman–Crippen LogP) is 2.05. The molecule has 1 aliphatic rings. The Morgan fingerprint density at radius 1 is 0.229 bits per heavy atom. The van der Waals surface area contributed by atoms with E-state index in [1.807, 2.05) is 0 Å². The van der Waals surface area contributed by atoms with E-state index in [0.717, 1.165) is 0 Å². The molecule has 0 saturated carbocycles. The van der Waals surface area contributed by atoms with Crippen LogP contribution in [-0.2, 0) is 12.3 Å². The summed E-state index contributed by atoms with van der Waals surface area (Å²) in [5.74, 6) is 0.260. The van der Waals surface area contributed by atoms with E-state index in [9.17, 15) is 30.6 Å². The summed E-state index contributed by atoms with van der Waals surface area (Å²) in [7, 11) is -12.0. The van der Waals surface area contributed by atoms with Crippen LogP contribution in [0.2, 0.25) is 0 Å². The molecule has 0 radical (unpaired) electrons. The van der Waals surface area contributed by atoms with Gasteiger partial charge in [0.05, 0.1) is 0 Å². The maximum absolute atomic E-state index is 10.4. The number of phenols is 6. The lowest BCUT2D eigenvalue weighted by Crippen LogP contribution is -2.88. The van der Waals surface area contributed by atoms with E-state index in [2.05, 4.69) is 0 Å². The van der Waals surface area contributed by atoms with Gasteiger partial charge in [0.1, 0.15) is 34.5 Å². The molecule has 0 aromatic heterocycles. The molecule has 0 unspecified atom stereocenters. The van der Waals surface area contributed by atoms with Crippen LogP contribution < -0.4 is 31.1 Å². The van der Waals surface area contributed by atoms with Crippen molar-refractivity contribution in [2.24, 2.45) is 0 Å². The Hall–Kier alpha value is -5.35. The van der Waals surface area contributed by atoms with Gasteiger partial charge in [-0.1, -0.05) is 72.8 Å². The van der Waals surface area contributed by atoms with Crippen LogP contribution in [0.1, 0.15) is 0 Å². The number of benzene rings is 6. The molecule has 1 saturated heterocycles. The summed E-state index contributed by atoms with van der Waals surface area (Å²) in [6, 6.07) is 39.7. The highest BCUT2D eigenvalue weighted by Crippen LogP contribution is 2.33. The highest BCUT2D eigenvalue weighted by atomic mass is 28.5. The van der Waals surface area contributed by atoms with Crippen LogP contribution in [0.3, 0.4) is 0 Å². The summed E-state index contributed by atoms with van der Waals surface area (Å²) in [6.07, 6.45) is 0. The first-order valence-corrected chi connectivity index (χ1v) is 20.4. The Balaban J connectivity index is 1.65. The lowest BCUT2D eigenvalue weighted by Gasteiger charge is -2.53. The fraction of sp³-hybridized carbons (Fsp3) is 0. The first-order valence-electron chi connectivity index (χ1n) is 15.0. The van der Waals surface area contributed by atoms with Gasteiger partial charge in [-0.05, 0) is 104 Å². The monoisotopic (exact) mass is 690 g/mol. The molecule has 0 aliphatic carbocycles. The Kier molecular flexibility index (Phi) is 7.83.